The molecule has 0 saturated heterocycles. The zero-order chi connectivity index (χ0) is 17.5. The average Bonchev–Trinajstić information content (AvgIpc) is 2.57. The molecule has 0 fully saturated rings. The summed E-state index contributed by atoms with van der Waals surface area (Å²) in [6.45, 7) is 1.52. The van der Waals surface area contributed by atoms with Crippen molar-refractivity contribution in [3.8, 4) is 0 Å². The Morgan fingerprint density at radius 3 is 2.29 bits per heavy atom. The van der Waals surface area contributed by atoms with Crippen molar-refractivity contribution >= 4 is 40.7 Å². The highest BCUT2D eigenvalue weighted by Crippen LogP contribution is 2.19. The number of halogens is 1. The zero-order valence-electron chi connectivity index (χ0n) is 12.9. The van der Waals surface area contributed by atoms with E-state index in [1.54, 1.807) is 48.5 Å². The minimum absolute atomic E-state index is 0.327. The van der Waals surface area contributed by atoms with Crippen LogP contribution in [0, 0.1) is 6.92 Å². The molecule has 3 amide bonds. The van der Waals surface area contributed by atoms with Crippen molar-refractivity contribution in [1.82, 2.24) is 5.32 Å². The molecular formula is C17H16ClN3O3. The largest absolute Gasteiger partial charge is 0.339 e. The summed E-state index contributed by atoms with van der Waals surface area (Å²) < 4.78 is 0. The minimum atomic E-state index is -0.893. The minimum Gasteiger partial charge on any atom is -0.339 e. The van der Waals surface area contributed by atoms with Gasteiger partial charge in [-0.15, -0.1) is 0 Å². The van der Waals surface area contributed by atoms with Crippen molar-refractivity contribution in [3.05, 3.63) is 59.1 Å². The van der Waals surface area contributed by atoms with Crippen molar-refractivity contribution in [2.75, 3.05) is 17.2 Å². The highest BCUT2D eigenvalue weighted by atomic mass is 35.5. The normalized spacial score (nSPS) is 9.92. The molecule has 7 heteroatoms. The predicted molar refractivity (Wildman–Crippen MR) is 92.9 cm³/mol. The molecule has 0 atom stereocenters. The second-order valence-corrected chi connectivity index (χ2v) is 5.42. The van der Waals surface area contributed by atoms with Crippen LogP contribution in [0.3, 0.4) is 0 Å². The predicted octanol–water partition coefficient (Wildman–Crippen LogP) is 2.34. The molecule has 124 valence electrons. The van der Waals surface area contributed by atoms with Crippen LogP contribution in [0.15, 0.2) is 48.5 Å². The SMILES string of the molecule is Cc1ccc(NC(=O)CNC(=O)C(=O)Nc2ccccc2)cc1Cl. The highest BCUT2D eigenvalue weighted by molar-refractivity contribution is 6.40. The van der Waals surface area contributed by atoms with Crippen LogP contribution in [0.4, 0.5) is 11.4 Å². The first-order valence-corrected chi connectivity index (χ1v) is 7.54. The van der Waals surface area contributed by atoms with Gasteiger partial charge in [-0.05, 0) is 36.8 Å². The summed E-state index contributed by atoms with van der Waals surface area (Å²) in [6.07, 6.45) is 0. The van der Waals surface area contributed by atoms with E-state index < -0.39 is 17.7 Å². The molecule has 0 radical (unpaired) electrons. The Labute approximate surface area is 144 Å². The van der Waals surface area contributed by atoms with Crippen molar-refractivity contribution in [3.63, 3.8) is 0 Å². The van der Waals surface area contributed by atoms with Crippen molar-refractivity contribution in [2.24, 2.45) is 0 Å². The molecule has 0 aliphatic carbocycles. The fraction of sp³-hybridized carbons (Fsp3) is 0.118. The molecule has 0 aliphatic heterocycles. The molecular weight excluding hydrogens is 330 g/mol. The lowest BCUT2D eigenvalue weighted by Gasteiger charge is -2.08. The van der Waals surface area contributed by atoms with Gasteiger partial charge in [-0.1, -0.05) is 35.9 Å². The van der Waals surface area contributed by atoms with Crippen LogP contribution < -0.4 is 16.0 Å². The quantitative estimate of drug-likeness (QED) is 0.743. The van der Waals surface area contributed by atoms with Crippen molar-refractivity contribution in [1.29, 1.82) is 0 Å². The average molecular weight is 346 g/mol. The number of nitrogens with one attached hydrogen (secondary N) is 3. The molecule has 0 bridgehead atoms. The Morgan fingerprint density at radius 2 is 1.62 bits per heavy atom. The topological polar surface area (TPSA) is 87.3 Å². The van der Waals surface area contributed by atoms with E-state index in [2.05, 4.69) is 16.0 Å². The maximum absolute atomic E-state index is 11.8. The van der Waals surface area contributed by atoms with Crippen LogP contribution in [-0.2, 0) is 14.4 Å². The smallest absolute Gasteiger partial charge is 0.313 e. The number of amides is 3. The summed E-state index contributed by atoms with van der Waals surface area (Å²) in [5.74, 6) is -2.20. The fourth-order valence-corrected chi connectivity index (χ4v) is 2.01. The number of aryl methyl sites for hydroxylation is 1. The van der Waals surface area contributed by atoms with Gasteiger partial charge in [-0.3, -0.25) is 14.4 Å². The van der Waals surface area contributed by atoms with Gasteiger partial charge in [0, 0.05) is 16.4 Å². The monoisotopic (exact) mass is 345 g/mol. The molecule has 0 aromatic heterocycles. The molecule has 6 nitrogen and oxygen atoms in total. The second-order valence-electron chi connectivity index (χ2n) is 5.01. The fourth-order valence-electron chi connectivity index (χ4n) is 1.83. The van der Waals surface area contributed by atoms with Gasteiger partial charge in [0.05, 0.1) is 6.54 Å². The molecule has 2 aromatic carbocycles. The standard InChI is InChI=1S/C17H16ClN3O3/c1-11-7-8-13(9-14(11)18)20-15(22)10-19-16(23)17(24)21-12-5-3-2-4-6-12/h2-9H,10H2,1H3,(H,19,23)(H,20,22)(H,21,24). The van der Waals surface area contributed by atoms with Gasteiger partial charge in [0.25, 0.3) is 0 Å². The van der Waals surface area contributed by atoms with E-state index >= 15 is 0 Å². The van der Waals surface area contributed by atoms with E-state index in [-0.39, 0.29) is 6.54 Å². The Hall–Kier alpha value is -2.86. The van der Waals surface area contributed by atoms with Crippen LogP contribution >= 0.6 is 11.6 Å². The number of rotatable bonds is 4. The van der Waals surface area contributed by atoms with Gasteiger partial charge in [-0.2, -0.15) is 0 Å². The van der Waals surface area contributed by atoms with E-state index in [4.69, 9.17) is 11.6 Å². The second kappa shape index (κ2) is 8.12. The van der Waals surface area contributed by atoms with Crippen molar-refractivity contribution < 1.29 is 14.4 Å². The van der Waals surface area contributed by atoms with Crippen LogP contribution in [0.5, 0.6) is 0 Å². The molecule has 0 unspecified atom stereocenters. The molecule has 0 aliphatic rings. The van der Waals surface area contributed by atoms with E-state index in [0.29, 0.717) is 16.4 Å². The zero-order valence-corrected chi connectivity index (χ0v) is 13.7. The molecule has 0 spiro atoms. The molecule has 0 heterocycles. The van der Waals surface area contributed by atoms with Crippen LogP contribution in [0.1, 0.15) is 5.56 Å². The highest BCUT2D eigenvalue weighted by Gasteiger charge is 2.14. The maximum Gasteiger partial charge on any atom is 0.313 e. The number of carbonyl (C=O) groups is 3. The number of para-hydroxylation sites is 1. The molecule has 0 saturated carbocycles. The van der Waals surface area contributed by atoms with Gasteiger partial charge in [-0.25, -0.2) is 0 Å². The third-order valence-electron chi connectivity index (χ3n) is 3.10. The van der Waals surface area contributed by atoms with E-state index in [1.807, 2.05) is 6.92 Å². The summed E-state index contributed by atoms with van der Waals surface area (Å²) in [7, 11) is 0. The maximum atomic E-state index is 11.8. The lowest BCUT2D eigenvalue weighted by atomic mass is 10.2. The Bertz CT molecular complexity index is 763. The first kappa shape index (κ1) is 17.5. The summed E-state index contributed by atoms with van der Waals surface area (Å²) in [5.41, 5.74) is 1.90. The van der Waals surface area contributed by atoms with Crippen LogP contribution in [0.2, 0.25) is 5.02 Å². The summed E-state index contributed by atoms with van der Waals surface area (Å²) in [5, 5.41) is 7.79. The number of hydrogen-bond donors (Lipinski definition) is 3. The number of anilines is 2. The lowest BCUT2D eigenvalue weighted by molar-refractivity contribution is -0.136. The van der Waals surface area contributed by atoms with Gasteiger partial charge in [0.2, 0.25) is 5.91 Å². The van der Waals surface area contributed by atoms with E-state index in [9.17, 15) is 14.4 Å². The molecule has 3 N–H and O–H groups in total. The molecule has 2 aromatic rings. The first-order valence-electron chi connectivity index (χ1n) is 7.16. The molecule has 24 heavy (non-hydrogen) atoms. The van der Waals surface area contributed by atoms with Gasteiger partial charge < -0.3 is 16.0 Å². The van der Waals surface area contributed by atoms with Gasteiger partial charge >= 0.3 is 11.8 Å². The Morgan fingerprint density at radius 1 is 0.917 bits per heavy atom. The molecule has 2 rings (SSSR count). The Kier molecular flexibility index (Phi) is 5.92. The number of benzene rings is 2. The third-order valence-corrected chi connectivity index (χ3v) is 3.51. The Balaban J connectivity index is 1.81. The third kappa shape index (κ3) is 5.10. The summed E-state index contributed by atoms with van der Waals surface area (Å²) in [6, 6.07) is 13.6. The number of hydrogen-bond acceptors (Lipinski definition) is 3. The van der Waals surface area contributed by atoms with Crippen molar-refractivity contribution in [2.45, 2.75) is 6.92 Å². The summed E-state index contributed by atoms with van der Waals surface area (Å²) in [4.78, 5) is 35.2. The van der Waals surface area contributed by atoms with E-state index in [1.165, 1.54) is 0 Å². The van der Waals surface area contributed by atoms with Crippen LogP contribution in [0.25, 0.3) is 0 Å². The summed E-state index contributed by atoms with van der Waals surface area (Å²) >= 11 is 5.97. The first-order chi connectivity index (χ1) is 11.5. The van der Waals surface area contributed by atoms with Gasteiger partial charge in [0.15, 0.2) is 0 Å². The van der Waals surface area contributed by atoms with E-state index in [0.717, 1.165) is 5.56 Å². The lowest BCUT2D eigenvalue weighted by Crippen LogP contribution is -2.39. The number of carbonyl (C=O) groups excluding carboxylic acids is 3. The van der Waals surface area contributed by atoms with Gasteiger partial charge in [0.1, 0.15) is 0 Å². The van der Waals surface area contributed by atoms with Crippen LogP contribution in [-0.4, -0.2) is 24.3 Å².